The number of hydrogen-bond acceptors (Lipinski definition) is 2. The van der Waals surface area contributed by atoms with Crippen LogP contribution < -0.4 is 4.74 Å². The fraction of sp³-hybridized carbons (Fsp3) is 0.533. The largest absolute Gasteiger partial charge is 0.496 e. The number of nitrogens with zero attached hydrogens (tertiary/aromatic N) is 1. The second-order valence-corrected chi connectivity index (χ2v) is 4.63. The molecule has 0 saturated carbocycles. The van der Waals surface area contributed by atoms with Crippen molar-refractivity contribution in [1.82, 2.24) is 0 Å². The zero-order valence-electron chi connectivity index (χ0n) is 11.2. The Hall–Kier alpha value is -1.49. The molecule has 1 unspecified atom stereocenters. The number of methoxy groups -OCH3 is 1. The molecule has 0 aliphatic rings. The molecule has 0 heterocycles. The molecule has 17 heavy (non-hydrogen) atoms. The maximum absolute atomic E-state index is 9.19. The molecule has 1 atom stereocenters. The van der Waals surface area contributed by atoms with E-state index in [2.05, 4.69) is 32.9 Å². The second kappa shape index (κ2) is 6.30. The highest BCUT2D eigenvalue weighted by Crippen LogP contribution is 2.31. The van der Waals surface area contributed by atoms with Crippen molar-refractivity contribution >= 4 is 0 Å². The Kier molecular flexibility index (Phi) is 5.03. The van der Waals surface area contributed by atoms with Gasteiger partial charge in [0.25, 0.3) is 0 Å². The zero-order valence-corrected chi connectivity index (χ0v) is 11.2. The lowest BCUT2D eigenvalue weighted by molar-refractivity contribution is 0.407. The van der Waals surface area contributed by atoms with E-state index in [9.17, 15) is 5.26 Å². The van der Waals surface area contributed by atoms with Crippen molar-refractivity contribution in [3.05, 3.63) is 29.3 Å². The number of benzene rings is 1. The SMILES string of the molecule is CCCC(C#N)c1ccc(OC)c(C(C)C)c1. The van der Waals surface area contributed by atoms with Crippen molar-refractivity contribution in [2.45, 2.75) is 45.4 Å². The number of rotatable bonds is 5. The van der Waals surface area contributed by atoms with Gasteiger partial charge in [-0.2, -0.15) is 5.26 Å². The van der Waals surface area contributed by atoms with Crippen LogP contribution in [0.25, 0.3) is 0 Å². The third-order valence-electron chi connectivity index (χ3n) is 3.01. The smallest absolute Gasteiger partial charge is 0.122 e. The van der Waals surface area contributed by atoms with Gasteiger partial charge in [0, 0.05) is 0 Å². The molecule has 0 spiro atoms. The molecule has 1 rings (SSSR count). The molecule has 0 aliphatic heterocycles. The molecule has 0 amide bonds. The summed E-state index contributed by atoms with van der Waals surface area (Å²) in [6, 6.07) is 8.49. The predicted octanol–water partition coefficient (Wildman–Crippen LogP) is 4.23. The van der Waals surface area contributed by atoms with Gasteiger partial charge in [0.15, 0.2) is 0 Å². The Morgan fingerprint density at radius 1 is 1.35 bits per heavy atom. The minimum atomic E-state index is 0.00315. The van der Waals surface area contributed by atoms with Crippen LogP contribution in [0.1, 0.15) is 56.6 Å². The van der Waals surface area contributed by atoms with Crippen LogP contribution in [0.5, 0.6) is 5.75 Å². The van der Waals surface area contributed by atoms with Crippen molar-refractivity contribution in [2.24, 2.45) is 0 Å². The van der Waals surface area contributed by atoms with Crippen molar-refractivity contribution < 1.29 is 4.74 Å². The second-order valence-electron chi connectivity index (χ2n) is 4.63. The molecule has 0 saturated heterocycles. The van der Waals surface area contributed by atoms with Gasteiger partial charge in [-0.05, 0) is 29.5 Å². The standard InChI is InChI=1S/C15H21NO/c1-5-6-13(10-16)12-7-8-15(17-4)14(9-12)11(2)3/h7-9,11,13H,5-6H2,1-4H3. The summed E-state index contributed by atoms with van der Waals surface area (Å²) < 4.78 is 5.35. The Morgan fingerprint density at radius 2 is 2.06 bits per heavy atom. The number of hydrogen-bond donors (Lipinski definition) is 0. The van der Waals surface area contributed by atoms with Gasteiger partial charge in [-0.25, -0.2) is 0 Å². The van der Waals surface area contributed by atoms with E-state index < -0.39 is 0 Å². The third-order valence-corrected chi connectivity index (χ3v) is 3.01. The molecule has 2 nitrogen and oxygen atoms in total. The molecule has 92 valence electrons. The molecule has 0 bridgehead atoms. The third kappa shape index (κ3) is 3.23. The minimum Gasteiger partial charge on any atom is -0.496 e. The van der Waals surface area contributed by atoms with Gasteiger partial charge < -0.3 is 4.74 Å². The van der Waals surface area contributed by atoms with E-state index in [1.54, 1.807) is 7.11 Å². The van der Waals surface area contributed by atoms with Gasteiger partial charge >= 0.3 is 0 Å². The zero-order chi connectivity index (χ0) is 12.8. The molecule has 2 heteroatoms. The van der Waals surface area contributed by atoms with Gasteiger partial charge in [0.2, 0.25) is 0 Å². The highest BCUT2D eigenvalue weighted by atomic mass is 16.5. The lowest BCUT2D eigenvalue weighted by Gasteiger charge is -2.15. The molecular formula is C15H21NO. The molecule has 0 aliphatic carbocycles. The van der Waals surface area contributed by atoms with Crippen LogP contribution in [0.15, 0.2) is 18.2 Å². The molecule has 1 aromatic carbocycles. The summed E-state index contributed by atoms with van der Waals surface area (Å²) in [5, 5.41) is 9.19. The summed E-state index contributed by atoms with van der Waals surface area (Å²) in [5.74, 6) is 1.33. The van der Waals surface area contributed by atoms with Gasteiger partial charge in [-0.1, -0.05) is 39.3 Å². The van der Waals surface area contributed by atoms with Crippen molar-refractivity contribution in [3.63, 3.8) is 0 Å². The fourth-order valence-corrected chi connectivity index (χ4v) is 2.02. The first-order chi connectivity index (χ1) is 8.13. The molecule has 0 aromatic heterocycles. The molecule has 0 fully saturated rings. The maximum Gasteiger partial charge on any atom is 0.122 e. The minimum absolute atomic E-state index is 0.00315. The van der Waals surface area contributed by atoms with E-state index >= 15 is 0 Å². The average Bonchev–Trinajstić information content (AvgIpc) is 2.35. The molecule has 1 aromatic rings. The summed E-state index contributed by atoms with van der Waals surface area (Å²) in [5.41, 5.74) is 2.29. The summed E-state index contributed by atoms with van der Waals surface area (Å²) in [6.07, 6.45) is 1.95. The van der Waals surface area contributed by atoms with E-state index in [4.69, 9.17) is 4.74 Å². The van der Waals surface area contributed by atoms with Crippen molar-refractivity contribution in [2.75, 3.05) is 7.11 Å². The number of nitriles is 1. The van der Waals surface area contributed by atoms with Crippen LogP contribution in [0.3, 0.4) is 0 Å². The van der Waals surface area contributed by atoms with Crippen LogP contribution in [-0.2, 0) is 0 Å². The van der Waals surface area contributed by atoms with Gasteiger partial charge in [0.05, 0.1) is 19.1 Å². The number of ether oxygens (including phenoxy) is 1. The lowest BCUT2D eigenvalue weighted by Crippen LogP contribution is -2.00. The molecular weight excluding hydrogens is 210 g/mol. The van der Waals surface area contributed by atoms with Crippen molar-refractivity contribution in [1.29, 1.82) is 5.26 Å². The van der Waals surface area contributed by atoms with Crippen LogP contribution in [0.2, 0.25) is 0 Å². The Labute approximate surface area is 104 Å². The van der Waals surface area contributed by atoms with Crippen LogP contribution >= 0.6 is 0 Å². The maximum atomic E-state index is 9.19. The Bertz CT molecular complexity index is 404. The first kappa shape index (κ1) is 13.6. The topological polar surface area (TPSA) is 33.0 Å². The Morgan fingerprint density at radius 3 is 2.53 bits per heavy atom. The van der Waals surface area contributed by atoms with E-state index in [1.807, 2.05) is 12.1 Å². The summed E-state index contributed by atoms with van der Waals surface area (Å²) in [7, 11) is 1.69. The van der Waals surface area contributed by atoms with Crippen LogP contribution in [0.4, 0.5) is 0 Å². The van der Waals surface area contributed by atoms with E-state index in [-0.39, 0.29) is 5.92 Å². The Balaban J connectivity index is 3.11. The highest BCUT2D eigenvalue weighted by Gasteiger charge is 2.14. The van der Waals surface area contributed by atoms with Gasteiger partial charge in [0.1, 0.15) is 5.75 Å². The first-order valence-electron chi connectivity index (χ1n) is 6.21. The lowest BCUT2D eigenvalue weighted by atomic mass is 9.91. The van der Waals surface area contributed by atoms with Gasteiger partial charge in [-0.3, -0.25) is 0 Å². The van der Waals surface area contributed by atoms with E-state index in [1.165, 1.54) is 5.56 Å². The monoisotopic (exact) mass is 231 g/mol. The molecule has 0 radical (unpaired) electrons. The first-order valence-corrected chi connectivity index (χ1v) is 6.21. The van der Waals surface area contributed by atoms with E-state index in [0.717, 1.165) is 24.2 Å². The molecule has 0 N–H and O–H groups in total. The fourth-order valence-electron chi connectivity index (χ4n) is 2.02. The summed E-state index contributed by atoms with van der Waals surface area (Å²) in [6.45, 7) is 6.39. The predicted molar refractivity (Wildman–Crippen MR) is 70.3 cm³/mol. The normalized spacial score (nSPS) is 12.2. The van der Waals surface area contributed by atoms with Gasteiger partial charge in [-0.15, -0.1) is 0 Å². The van der Waals surface area contributed by atoms with Crippen LogP contribution in [-0.4, -0.2) is 7.11 Å². The van der Waals surface area contributed by atoms with Crippen LogP contribution in [0, 0.1) is 11.3 Å². The highest BCUT2D eigenvalue weighted by molar-refractivity contribution is 5.41. The van der Waals surface area contributed by atoms with E-state index in [0.29, 0.717) is 5.92 Å². The quantitative estimate of drug-likeness (QED) is 0.759. The summed E-state index contributed by atoms with van der Waals surface area (Å²) in [4.78, 5) is 0. The summed E-state index contributed by atoms with van der Waals surface area (Å²) >= 11 is 0. The average molecular weight is 231 g/mol. The van der Waals surface area contributed by atoms with Crippen molar-refractivity contribution in [3.8, 4) is 11.8 Å².